The van der Waals surface area contributed by atoms with E-state index in [2.05, 4.69) is 60.8 Å². The third-order valence-corrected chi connectivity index (χ3v) is 6.11. The smallest absolute Gasteiger partial charge is 0.0767 e. The molecule has 1 fully saturated rings. The molecule has 0 aromatic carbocycles. The third kappa shape index (κ3) is 2.68. The Hall–Kier alpha value is 1.10. The molecule has 15 heavy (non-hydrogen) atoms. The van der Waals surface area contributed by atoms with Gasteiger partial charge in [-0.2, -0.15) is 0 Å². The van der Waals surface area contributed by atoms with Gasteiger partial charge in [0.05, 0.1) is 18.5 Å². The highest BCUT2D eigenvalue weighted by atomic mass is 79.9. The van der Waals surface area contributed by atoms with E-state index in [1.54, 1.807) is 11.3 Å². The number of rotatable bonds is 2. The Morgan fingerprint density at radius 2 is 2.27 bits per heavy atom. The fraction of sp³-hybridized carbons (Fsp3) is 0.600. The van der Waals surface area contributed by atoms with Crippen LogP contribution in [0.25, 0.3) is 0 Å². The molecule has 3 unspecified atom stereocenters. The highest BCUT2D eigenvalue weighted by Gasteiger charge is 2.33. The van der Waals surface area contributed by atoms with Crippen LogP contribution in [-0.4, -0.2) is 12.7 Å². The molecule has 2 rings (SSSR count). The lowest BCUT2D eigenvalue weighted by Crippen LogP contribution is -2.18. The Morgan fingerprint density at radius 3 is 2.73 bits per heavy atom. The second kappa shape index (κ2) is 5.17. The molecule has 2 heterocycles. The molecule has 1 nitrogen and oxygen atoms in total. The molecular weight excluding hydrogens is 408 g/mol. The molecule has 0 aliphatic carbocycles. The van der Waals surface area contributed by atoms with Crippen LogP contribution in [0.5, 0.6) is 0 Å². The molecule has 3 atom stereocenters. The van der Waals surface area contributed by atoms with Crippen molar-refractivity contribution in [2.75, 3.05) is 6.61 Å². The SMILES string of the molecule is CC1CCOC1C(Br)c1cc(Br)sc1Br. The number of hydrogen-bond donors (Lipinski definition) is 0. The molecule has 0 bridgehead atoms. The summed E-state index contributed by atoms with van der Waals surface area (Å²) in [6.45, 7) is 3.14. The van der Waals surface area contributed by atoms with Gasteiger partial charge in [-0.05, 0) is 55.8 Å². The highest BCUT2D eigenvalue weighted by molar-refractivity contribution is 9.12. The molecule has 5 heteroatoms. The first-order valence-corrected chi connectivity index (χ1v) is 8.12. The summed E-state index contributed by atoms with van der Waals surface area (Å²) in [5, 5.41) is 0. The molecule has 1 aliphatic heterocycles. The summed E-state index contributed by atoms with van der Waals surface area (Å²) >= 11 is 12.5. The first kappa shape index (κ1) is 12.6. The van der Waals surface area contributed by atoms with Crippen molar-refractivity contribution in [1.29, 1.82) is 0 Å². The van der Waals surface area contributed by atoms with Crippen molar-refractivity contribution in [2.24, 2.45) is 5.92 Å². The minimum Gasteiger partial charge on any atom is -0.376 e. The van der Waals surface area contributed by atoms with Crippen LogP contribution in [0, 0.1) is 5.92 Å². The molecule has 84 valence electrons. The van der Waals surface area contributed by atoms with Crippen LogP contribution in [0.4, 0.5) is 0 Å². The molecule has 1 aromatic heterocycles. The van der Waals surface area contributed by atoms with E-state index in [9.17, 15) is 0 Å². The van der Waals surface area contributed by atoms with Crippen LogP contribution in [0.3, 0.4) is 0 Å². The van der Waals surface area contributed by atoms with Gasteiger partial charge in [0, 0.05) is 6.61 Å². The maximum atomic E-state index is 5.77. The Bertz CT molecular complexity index is 352. The van der Waals surface area contributed by atoms with Crippen molar-refractivity contribution >= 4 is 59.1 Å². The van der Waals surface area contributed by atoms with Crippen molar-refractivity contribution < 1.29 is 4.74 Å². The first-order valence-electron chi connectivity index (χ1n) is 4.80. The quantitative estimate of drug-likeness (QED) is 0.604. The number of alkyl halides is 1. The highest BCUT2D eigenvalue weighted by Crippen LogP contribution is 2.44. The minimum atomic E-state index is 0.284. The Balaban J connectivity index is 2.19. The Labute approximate surface area is 119 Å². The molecule has 0 spiro atoms. The predicted octanol–water partition coefficient (Wildman–Crippen LogP) is 5.13. The number of thiophene rings is 1. The zero-order valence-corrected chi connectivity index (χ0v) is 13.7. The zero-order valence-electron chi connectivity index (χ0n) is 8.17. The third-order valence-electron chi connectivity index (χ3n) is 2.71. The molecule has 1 saturated heterocycles. The lowest BCUT2D eigenvalue weighted by molar-refractivity contribution is 0.0934. The lowest BCUT2D eigenvalue weighted by atomic mass is 9.99. The Kier molecular flexibility index (Phi) is 4.33. The van der Waals surface area contributed by atoms with E-state index >= 15 is 0 Å². The van der Waals surface area contributed by atoms with Crippen LogP contribution in [0.15, 0.2) is 13.6 Å². The van der Waals surface area contributed by atoms with Gasteiger partial charge in [0.25, 0.3) is 0 Å². The number of ether oxygens (including phenoxy) is 1. The summed E-state index contributed by atoms with van der Waals surface area (Å²) in [5.74, 6) is 0.625. The monoisotopic (exact) mass is 416 g/mol. The largest absolute Gasteiger partial charge is 0.376 e. The average molecular weight is 419 g/mol. The zero-order chi connectivity index (χ0) is 11.0. The summed E-state index contributed by atoms with van der Waals surface area (Å²) in [6, 6.07) is 2.16. The minimum absolute atomic E-state index is 0.284. The lowest BCUT2D eigenvalue weighted by Gasteiger charge is -2.20. The number of halogens is 3. The topological polar surface area (TPSA) is 9.23 Å². The molecule has 1 aliphatic rings. The second-order valence-electron chi connectivity index (χ2n) is 3.78. The van der Waals surface area contributed by atoms with Crippen LogP contribution in [0.1, 0.15) is 23.7 Å². The van der Waals surface area contributed by atoms with Gasteiger partial charge in [0.15, 0.2) is 0 Å². The van der Waals surface area contributed by atoms with Gasteiger partial charge in [-0.1, -0.05) is 22.9 Å². The van der Waals surface area contributed by atoms with Crippen molar-refractivity contribution in [3.63, 3.8) is 0 Å². The molecular formula is C10H11Br3OS. The van der Waals surface area contributed by atoms with E-state index < -0.39 is 0 Å². The average Bonchev–Trinajstić information content (AvgIpc) is 2.71. The van der Waals surface area contributed by atoms with Crippen molar-refractivity contribution in [2.45, 2.75) is 24.3 Å². The molecule has 1 aromatic rings. The summed E-state index contributed by atoms with van der Waals surface area (Å²) in [5.41, 5.74) is 1.28. The molecule has 0 saturated carbocycles. The fourth-order valence-electron chi connectivity index (χ4n) is 1.81. The molecule has 0 amide bonds. The van der Waals surface area contributed by atoms with Crippen molar-refractivity contribution in [1.82, 2.24) is 0 Å². The predicted molar refractivity (Wildman–Crippen MR) is 74.9 cm³/mol. The standard InChI is InChI=1S/C10H11Br3OS/c1-5-2-3-14-9(5)8(12)6-4-7(11)15-10(6)13/h4-5,8-9H,2-3H2,1H3. The van der Waals surface area contributed by atoms with E-state index in [-0.39, 0.29) is 4.83 Å². The second-order valence-corrected chi connectivity index (χ2v) is 8.52. The normalized spacial score (nSPS) is 28.3. The van der Waals surface area contributed by atoms with E-state index in [0.717, 1.165) is 16.8 Å². The van der Waals surface area contributed by atoms with E-state index in [1.165, 1.54) is 9.35 Å². The van der Waals surface area contributed by atoms with E-state index in [0.29, 0.717) is 12.0 Å². The van der Waals surface area contributed by atoms with E-state index in [4.69, 9.17) is 4.74 Å². The maximum absolute atomic E-state index is 5.77. The van der Waals surface area contributed by atoms with Gasteiger partial charge < -0.3 is 4.74 Å². The van der Waals surface area contributed by atoms with Gasteiger partial charge >= 0.3 is 0 Å². The van der Waals surface area contributed by atoms with Gasteiger partial charge in [-0.3, -0.25) is 0 Å². The van der Waals surface area contributed by atoms with Gasteiger partial charge in [0.1, 0.15) is 0 Å². The van der Waals surface area contributed by atoms with Gasteiger partial charge in [0.2, 0.25) is 0 Å². The summed E-state index contributed by atoms with van der Waals surface area (Å²) in [4.78, 5) is 0.284. The van der Waals surface area contributed by atoms with E-state index in [1.807, 2.05) is 0 Å². The Morgan fingerprint density at radius 1 is 1.53 bits per heavy atom. The first-order chi connectivity index (χ1) is 7.09. The fourth-order valence-corrected chi connectivity index (χ4v) is 6.23. The van der Waals surface area contributed by atoms with Crippen LogP contribution in [-0.2, 0) is 4.74 Å². The summed E-state index contributed by atoms with van der Waals surface area (Å²) < 4.78 is 8.10. The number of hydrogen-bond acceptors (Lipinski definition) is 2. The van der Waals surface area contributed by atoms with Crippen LogP contribution < -0.4 is 0 Å². The van der Waals surface area contributed by atoms with Crippen LogP contribution >= 0.6 is 59.1 Å². The molecule has 0 N–H and O–H groups in total. The summed E-state index contributed by atoms with van der Waals surface area (Å²) in [7, 11) is 0. The van der Waals surface area contributed by atoms with Crippen molar-refractivity contribution in [3.8, 4) is 0 Å². The molecule has 0 radical (unpaired) electrons. The maximum Gasteiger partial charge on any atom is 0.0767 e. The van der Waals surface area contributed by atoms with Crippen molar-refractivity contribution in [3.05, 3.63) is 19.2 Å². The van der Waals surface area contributed by atoms with Crippen LogP contribution in [0.2, 0.25) is 0 Å². The van der Waals surface area contributed by atoms with Gasteiger partial charge in [-0.15, -0.1) is 11.3 Å². The summed E-state index contributed by atoms with van der Waals surface area (Å²) in [6.07, 6.45) is 1.46. The van der Waals surface area contributed by atoms with Gasteiger partial charge in [-0.25, -0.2) is 0 Å².